The molecule has 5 rings (SSSR count). The van der Waals surface area contributed by atoms with E-state index >= 15 is 0 Å². The van der Waals surface area contributed by atoms with Crippen molar-refractivity contribution in [2.45, 2.75) is 18.7 Å². The third-order valence-electron chi connectivity index (χ3n) is 5.26. The topological polar surface area (TPSA) is 34.1 Å². The Morgan fingerprint density at radius 3 is 2.54 bits per heavy atom. The lowest BCUT2D eigenvalue weighted by Crippen LogP contribution is -2.33. The predicted molar refractivity (Wildman–Crippen MR) is 110 cm³/mol. The van der Waals surface area contributed by atoms with Crippen molar-refractivity contribution < 1.29 is 9.47 Å². The van der Waals surface area contributed by atoms with Gasteiger partial charge in [-0.05, 0) is 23.8 Å². The fraction of sp³-hybridized carbons (Fsp3) is 0.174. The summed E-state index contributed by atoms with van der Waals surface area (Å²) in [6.45, 7) is 0. The molecule has 0 bridgehead atoms. The van der Waals surface area contributed by atoms with E-state index in [4.69, 9.17) is 26.2 Å². The van der Waals surface area contributed by atoms with Crippen LogP contribution in [0.1, 0.15) is 35.4 Å². The number of para-hydroxylation sites is 1. The van der Waals surface area contributed by atoms with Crippen LogP contribution in [0.5, 0.6) is 11.5 Å². The predicted octanol–water partition coefficient (Wildman–Crippen LogP) is 5.59. The van der Waals surface area contributed by atoms with Gasteiger partial charge < -0.3 is 9.47 Å². The van der Waals surface area contributed by atoms with E-state index in [0.29, 0.717) is 5.02 Å². The zero-order chi connectivity index (χ0) is 19.1. The maximum atomic E-state index is 6.43. The van der Waals surface area contributed by atoms with Gasteiger partial charge in [0.1, 0.15) is 0 Å². The van der Waals surface area contributed by atoms with E-state index in [-0.39, 0.29) is 12.3 Å². The highest BCUT2D eigenvalue weighted by atomic mass is 35.5. The van der Waals surface area contributed by atoms with Crippen LogP contribution in [0.15, 0.2) is 77.9 Å². The lowest BCUT2D eigenvalue weighted by molar-refractivity contribution is -0.0208. The van der Waals surface area contributed by atoms with E-state index in [1.165, 1.54) is 0 Å². The molecule has 0 aromatic heterocycles. The number of benzene rings is 3. The average Bonchev–Trinajstić information content (AvgIpc) is 3.20. The monoisotopic (exact) mass is 390 g/mol. The van der Waals surface area contributed by atoms with Gasteiger partial charge >= 0.3 is 0 Å². The molecule has 0 fully saturated rings. The van der Waals surface area contributed by atoms with Gasteiger partial charge in [-0.1, -0.05) is 66.2 Å². The van der Waals surface area contributed by atoms with Crippen molar-refractivity contribution in [1.82, 2.24) is 5.01 Å². The molecule has 140 valence electrons. The summed E-state index contributed by atoms with van der Waals surface area (Å²) in [6.07, 6.45) is 0.477. The summed E-state index contributed by atoms with van der Waals surface area (Å²) in [5.74, 6) is 1.53. The number of methoxy groups -OCH3 is 1. The zero-order valence-electron chi connectivity index (χ0n) is 15.4. The van der Waals surface area contributed by atoms with Gasteiger partial charge in [0.2, 0.25) is 6.23 Å². The van der Waals surface area contributed by atoms with Gasteiger partial charge in [0, 0.05) is 22.6 Å². The Morgan fingerprint density at radius 1 is 1.00 bits per heavy atom. The molecular formula is C23H19ClN2O2. The molecule has 2 atom stereocenters. The zero-order valence-corrected chi connectivity index (χ0v) is 16.1. The summed E-state index contributed by atoms with van der Waals surface area (Å²) in [7, 11) is 1.67. The molecule has 0 amide bonds. The molecule has 0 saturated heterocycles. The molecule has 2 heterocycles. The van der Waals surface area contributed by atoms with E-state index in [0.717, 1.165) is 40.3 Å². The van der Waals surface area contributed by atoms with Crippen molar-refractivity contribution in [2.24, 2.45) is 5.10 Å². The molecule has 3 aromatic rings. The van der Waals surface area contributed by atoms with Crippen LogP contribution in [-0.4, -0.2) is 17.8 Å². The Bertz CT molecular complexity index is 1030. The minimum Gasteiger partial charge on any atom is -0.493 e. The van der Waals surface area contributed by atoms with E-state index < -0.39 is 0 Å². The highest BCUT2D eigenvalue weighted by Crippen LogP contribution is 2.50. The fourth-order valence-corrected chi connectivity index (χ4v) is 4.02. The molecule has 28 heavy (non-hydrogen) atoms. The summed E-state index contributed by atoms with van der Waals surface area (Å²) >= 11 is 6.09. The summed E-state index contributed by atoms with van der Waals surface area (Å²) in [5.41, 5.74) is 4.29. The second-order valence-electron chi connectivity index (χ2n) is 6.91. The smallest absolute Gasteiger partial charge is 0.214 e. The quantitative estimate of drug-likeness (QED) is 0.584. The Hall–Kier alpha value is -2.98. The highest BCUT2D eigenvalue weighted by Gasteiger charge is 2.42. The number of hydrazone groups is 1. The third kappa shape index (κ3) is 2.81. The number of ether oxygens (including phenoxy) is 2. The second kappa shape index (κ2) is 6.88. The van der Waals surface area contributed by atoms with Crippen molar-refractivity contribution in [3.63, 3.8) is 0 Å². The van der Waals surface area contributed by atoms with Crippen LogP contribution in [0.3, 0.4) is 0 Å². The van der Waals surface area contributed by atoms with Gasteiger partial charge in [-0.25, -0.2) is 5.01 Å². The minimum absolute atomic E-state index is 0.0923. The van der Waals surface area contributed by atoms with Crippen LogP contribution in [-0.2, 0) is 0 Å². The Labute approximate surface area is 169 Å². The first-order chi connectivity index (χ1) is 13.7. The van der Waals surface area contributed by atoms with Crippen molar-refractivity contribution in [2.75, 3.05) is 7.11 Å². The van der Waals surface area contributed by atoms with Crippen molar-refractivity contribution in [3.05, 3.63) is 94.5 Å². The summed E-state index contributed by atoms with van der Waals surface area (Å²) in [5, 5.41) is 7.73. The number of halogens is 1. The molecule has 4 nitrogen and oxygen atoms in total. The van der Waals surface area contributed by atoms with Gasteiger partial charge in [0.25, 0.3) is 0 Å². The first-order valence-corrected chi connectivity index (χ1v) is 9.62. The molecule has 0 spiro atoms. The number of fused-ring (bicyclic) bond motifs is 3. The van der Waals surface area contributed by atoms with E-state index in [2.05, 4.69) is 23.2 Å². The van der Waals surface area contributed by atoms with Gasteiger partial charge in [-0.3, -0.25) is 0 Å². The number of rotatable bonds is 3. The first kappa shape index (κ1) is 17.1. The van der Waals surface area contributed by atoms with E-state index in [9.17, 15) is 0 Å². The van der Waals surface area contributed by atoms with E-state index in [1.807, 2.05) is 54.6 Å². The van der Waals surface area contributed by atoms with Crippen molar-refractivity contribution >= 4 is 17.3 Å². The van der Waals surface area contributed by atoms with Crippen molar-refractivity contribution in [1.29, 1.82) is 0 Å². The minimum atomic E-state index is -0.340. The molecule has 0 saturated carbocycles. The SMILES string of the molecule is COc1cccc2c1O[C@@H](c1ccc(Cl)cc1)N1N=C(c3ccccc3)C[C@@H]21. The molecule has 5 heteroatoms. The summed E-state index contributed by atoms with van der Waals surface area (Å²) < 4.78 is 12.0. The Kier molecular flexibility index (Phi) is 4.21. The largest absolute Gasteiger partial charge is 0.493 e. The normalized spacial score (nSPS) is 20.1. The van der Waals surface area contributed by atoms with Crippen LogP contribution >= 0.6 is 11.6 Å². The number of hydrogen-bond acceptors (Lipinski definition) is 4. The molecule has 2 aliphatic heterocycles. The molecule has 0 N–H and O–H groups in total. The van der Waals surface area contributed by atoms with Gasteiger partial charge in [-0.15, -0.1) is 0 Å². The van der Waals surface area contributed by atoms with Gasteiger partial charge in [0.05, 0.1) is 18.9 Å². The summed E-state index contributed by atoms with van der Waals surface area (Å²) in [6, 6.07) is 24.2. The maximum Gasteiger partial charge on any atom is 0.214 e. The molecule has 3 aromatic carbocycles. The lowest BCUT2D eigenvalue weighted by atomic mass is 9.95. The van der Waals surface area contributed by atoms with Gasteiger partial charge in [-0.2, -0.15) is 5.10 Å². The fourth-order valence-electron chi connectivity index (χ4n) is 3.90. The molecule has 0 aliphatic carbocycles. The Balaban J connectivity index is 1.62. The molecule has 0 unspecified atom stereocenters. The van der Waals surface area contributed by atoms with Crippen LogP contribution in [0.4, 0.5) is 0 Å². The highest BCUT2D eigenvalue weighted by molar-refractivity contribution is 6.30. The van der Waals surface area contributed by atoms with Crippen molar-refractivity contribution in [3.8, 4) is 11.5 Å². The van der Waals surface area contributed by atoms with Gasteiger partial charge in [0.15, 0.2) is 11.5 Å². The molecular weight excluding hydrogens is 372 g/mol. The van der Waals surface area contributed by atoms with E-state index in [1.54, 1.807) is 7.11 Å². The second-order valence-corrected chi connectivity index (χ2v) is 7.35. The lowest BCUT2D eigenvalue weighted by Gasteiger charge is -2.38. The molecule has 2 aliphatic rings. The van der Waals surface area contributed by atoms with Crippen LogP contribution in [0.25, 0.3) is 0 Å². The van der Waals surface area contributed by atoms with Crippen LogP contribution < -0.4 is 9.47 Å². The summed E-state index contributed by atoms with van der Waals surface area (Å²) in [4.78, 5) is 0. The first-order valence-electron chi connectivity index (χ1n) is 9.25. The van der Waals surface area contributed by atoms with Crippen LogP contribution in [0, 0.1) is 0 Å². The average molecular weight is 391 g/mol. The number of nitrogens with zero attached hydrogens (tertiary/aromatic N) is 2. The Morgan fingerprint density at radius 2 is 1.79 bits per heavy atom. The third-order valence-corrected chi connectivity index (χ3v) is 5.51. The molecule has 0 radical (unpaired) electrons. The standard InChI is InChI=1S/C23H19ClN2O2/c1-27-21-9-5-8-18-20-14-19(15-6-3-2-4-7-15)25-26(20)23(28-22(18)21)16-10-12-17(24)13-11-16/h2-13,20,23H,14H2,1H3/t20-,23-/m0/s1. The number of hydrogen-bond donors (Lipinski definition) is 0. The van der Waals surface area contributed by atoms with Crippen LogP contribution in [0.2, 0.25) is 5.02 Å². The maximum absolute atomic E-state index is 6.43.